The molecule has 0 aromatic heterocycles. The Morgan fingerprint density at radius 1 is 1.31 bits per heavy atom. The fourth-order valence-corrected chi connectivity index (χ4v) is 4.29. The summed E-state index contributed by atoms with van der Waals surface area (Å²) in [7, 11) is -2.86. The number of aliphatic hydroxyl groups is 1. The highest BCUT2D eigenvalue weighted by Crippen LogP contribution is 2.39. The molecule has 0 radical (unpaired) electrons. The molecule has 13 heavy (non-hydrogen) atoms. The van der Waals surface area contributed by atoms with Gasteiger partial charge in [0, 0.05) is 0 Å². The van der Waals surface area contributed by atoms with Crippen LogP contribution in [0, 0.1) is 0 Å². The zero-order valence-electron chi connectivity index (χ0n) is 7.70. The fraction of sp³-hybridized carbons (Fsp3) is 1.00. The smallest absolute Gasteiger partial charge is 0.153 e. The summed E-state index contributed by atoms with van der Waals surface area (Å²) in [5, 5.41) is 9.59. The van der Waals surface area contributed by atoms with Crippen LogP contribution < -0.4 is 0 Å². The number of hydrogen-bond acceptors (Lipinski definition) is 3. The fourth-order valence-electron chi connectivity index (χ4n) is 2.30. The van der Waals surface area contributed by atoms with Gasteiger partial charge in [-0.25, -0.2) is 8.42 Å². The molecule has 1 heterocycles. The average molecular weight is 204 g/mol. The van der Waals surface area contributed by atoms with Crippen molar-refractivity contribution in [3.05, 3.63) is 0 Å². The molecule has 1 saturated heterocycles. The highest BCUT2D eigenvalue weighted by atomic mass is 32.2. The van der Waals surface area contributed by atoms with E-state index in [1.165, 1.54) is 0 Å². The minimum atomic E-state index is -2.86. The van der Waals surface area contributed by atoms with Gasteiger partial charge in [-0.15, -0.1) is 0 Å². The lowest BCUT2D eigenvalue weighted by atomic mass is 9.77. The number of hydrogen-bond donors (Lipinski definition) is 1. The molecular formula is C9H16O3S. The molecule has 0 spiro atoms. The molecule has 4 heteroatoms. The molecule has 2 rings (SSSR count). The van der Waals surface area contributed by atoms with Crippen LogP contribution in [0.25, 0.3) is 0 Å². The minimum Gasteiger partial charge on any atom is -0.390 e. The first kappa shape index (κ1) is 9.46. The third-order valence-corrected chi connectivity index (χ3v) is 5.63. The van der Waals surface area contributed by atoms with Gasteiger partial charge in [-0.3, -0.25) is 0 Å². The molecule has 76 valence electrons. The topological polar surface area (TPSA) is 54.4 Å². The van der Waals surface area contributed by atoms with Crippen molar-refractivity contribution in [2.24, 2.45) is 0 Å². The Morgan fingerprint density at radius 2 is 2.00 bits per heavy atom. The van der Waals surface area contributed by atoms with Crippen molar-refractivity contribution in [2.75, 3.05) is 5.75 Å². The predicted molar refractivity (Wildman–Crippen MR) is 50.2 cm³/mol. The van der Waals surface area contributed by atoms with Crippen molar-refractivity contribution in [1.82, 2.24) is 0 Å². The van der Waals surface area contributed by atoms with Crippen LogP contribution in [0.4, 0.5) is 0 Å². The lowest BCUT2D eigenvalue weighted by Gasteiger charge is -2.38. The molecule has 1 N–H and O–H groups in total. The van der Waals surface area contributed by atoms with Crippen molar-refractivity contribution in [1.29, 1.82) is 0 Å². The Bertz CT molecular complexity index is 290. The van der Waals surface area contributed by atoms with Gasteiger partial charge in [0.05, 0.1) is 16.6 Å². The second kappa shape index (κ2) is 2.95. The van der Waals surface area contributed by atoms with Gasteiger partial charge in [0.25, 0.3) is 0 Å². The van der Waals surface area contributed by atoms with Crippen LogP contribution in [-0.2, 0) is 9.84 Å². The van der Waals surface area contributed by atoms with E-state index >= 15 is 0 Å². The van der Waals surface area contributed by atoms with E-state index < -0.39 is 15.4 Å². The zero-order valence-corrected chi connectivity index (χ0v) is 8.52. The van der Waals surface area contributed by atoms with Crippen LogP contribution in [0.15, 0.2) is 0 Å². The Balaban J connectivity index is 2.02. The van der Waals surface area contributed by atoms with E-state index in [1.54, 1.807) is 0 Å². The van der Waals surface area contributed by atoms with Gasteiger partial charge in [-0.1, -0.05) is 0 Å². The quantitative estimate of drug-likeness (QED) is 0.726. The van der Waals surface area contributed by atoms with E-state index in [0.29, 0.717) is 12.2 Å². The Hall–Kier alpha value is -0.0900. The monoisotopic (exact) mass is 204 g/mol. The van der Waals surface area contributed by atoms with Gasteiger partial charge >= 0.3 is 0 Å². The maximum atomic E-state index is 11.5. The molecule has 1 unspecified atom stereocenters. The molecule has 1 aliphatic heterocycles. The molecule has 1 atom stereocenters. The van der Waals surface area contributed by atoms with E-state index in [2.05, 4.69) is 0 Å². The van der Waals surface area contributed by atoms with Gasteiger partial charge < -0.3 is 5.11 Å². The summed E-state index contributed by atoms with van der Waals surface area (Å²) >= 11 is 0. The van der Waals surface area contributed by atoms with E-state index in [-0.39, 0.29) is 5.25 Å². The standard InChI is InChI=1S/C9H16O3S/c10-9(4-2-5-9)7-8-3-1-6-13(8,11)12/h8,10H,1-7H2. The maximum Gasteiger partial charge on any atom is 0.153 e. The molecule has 1 aliphatic carbocycles. The van der Waals surface area contributed by atoms with Crippen LogP contribution in [0.5, 0.6) is 0 Å². The predicted octanol–water partition coefficient (Wildman–Crippen LogP) is 0.869. The van der Waals surface area contributed by atoms with Crippen molar-refractivity contribution >= 4 is 9.84 Å². The Kier molecular flexibility index (Phi) is 2.15. The van der Waals surface area contributed by atoms with E-state index in [1.807, 2.05) is 0 Å². The largest absolute Gasteiger partial charge is 0.390 e. The highest BCUT2D eigenvalue weighted by Gasteiger charge is 2.42. The van der Waals surface area contributed by atoms with Crippen LogP contribution in [0.3, 0.4) is 0 Å². The lowest BCUT2D eigenvalue weighted by Crippen LogP contribution is -2.41. The summed E-state index contributed by atoms with van der Waals surface area (Å²) in [4.78, 5) is 0. The summed E-state index contributed by atoms with van der Waals surface area (Å²) in [6, 6.07) is 0. The first-order valence-electron chi connectivity index (χ1n) is 4.96. The van der Waals surface area contributed by atoms with Crippen molar-refractivity contribution < 1.29 is 13.5 Å². The normalized spacial score (nSPS) is 35.6. The summed E-state index contributed by atoms with van der Waals surface area (Å²) < 4.78 is 22.9. The first-order chi connectivity index (χ1) is 6.02. The lowest BCUT2D eigenvalue weighted by molar-refractivity contribution is -0.0406. The second-order valence-electron chi connectivity index (χ2n) is 4.41. The minimum absolute atomic E-state index is 0.252. The molecule has 0 amide bonds. The van der Waals surface area contributed by atoms with Crippen LogP contribution in [-0.4, -0.2) is 30.1 Å². The number of rotatable bonds is 2. The van der Waals surface area contributed by atoms with Gasteiger partial charge in [0.1, 0.15) is 0 Å². The van der Waals surface area contributed by atoms with Crippen LogP contribution >= 0.6 is 0 Å². The maximum absolute atomic E-state index is 11.5. The van der Waals surface area contributed by atoms with Crippen LogP contribution in [0.2, 0.25) is 0 Å². The van der Waals surface area contributed by atoms with Gasteiger partial charge in [0.15, 0.2) is 9.84 Å². The second-order valence-corrected chi connectivity index (χ2v) is 6.81. The summed E-state index contributed by atoms with van der Waals surface area (Å²) in [5.74, 6) is 0.327. The third-order valence-electron chi connectivity index (χ3n) is 3.35. The van der Waals surface area contributed by atoms with E-state index in [0.717, 1.165) is 32.1 Å². The first-order valence-corrected chi connectivity index (χ1v) is 6.67. The highest BCUT2D eigenvalue weighted by molar-refractivity contribution is 7.92. The third kappa shape index (κ3) is 1.74. The van der Waals surface area contributed by atoms with Gasteiger partial charge in [-0.05, 0) is 38.5 Å². The average Bonchev–Trinajstić information content (AvgIpc) is 2.28. The number of sulfone groups is 1. The molecule has 2 aliphatic rings. The van der Waals surface area contributed by atoms with E-state index in [4.69, 9.17) is 0 Å². The van der Waals surface area contributed by atoms with Crippen molar-refractivity contribution in [3.8, 4) is 0 Å². The summed E-state index contributed by atoms with van der Waals surface area (Å²) in [6.45, 7) is 0. The van der Waals surface area contributed by atoms with Crippen LogP contribution in [0.1, 0.15) is 38.5 Å². The zero-order chi connectivity index (χ0) is 9.53. The molecule has 0 aromatic carbocycles. The Morgan fingerprint density at radius 3 is 2.38 bits per heavy atom. The molecule has 3 nitrogen and oxygen atoms in total. The molecule has 0 aromatic rings. The molecule has 2 fully saturated rings. The van der Waals surface area contributed by atoms with Gasteiger partial charge in [-0.2, -0.15) is 0 Å². The SMILES string of the molecule is O=S1(=O)CCCC1CC1(O)CCC1. The summed E-state index contributed by atoms with van der Waals surface area (Å²) in [6.07, 6.45) is 4.64. The Labute approximate surface area is 79.1 Å². The summed E-state index contributed by atoms with van der Waals surface area (Å²) in [5.41, 5.74) is -0.637. The van der Waals surface area contributed by atoms with Gasteiger partial charge in [0.2, 0.25) is 0 Å². The molecular weight excluding hydrogens is 188 g/mol. The van der Waals surface area contributed by atoms with Crippen molar-refractivity contribution in [2.45, 2.75) is 49.4 Å². The van der Waals surface area contributed by atoms with Crippen molar-refractivity contribution in [3.63, 3.8) is 0 Å². The molecule has 1 saturated carbocycles. The van der Waals surface area contributed by atoms with E-state index in [9.17, 15) is 13.5 Å². The molecule has 0 bridgehead atoms.